The van der Waals surface area contributed by atoms with Crippen LogP contribution in [-0.2, 0) is 0 Å². The minimum absolute atomic E-state index is 0.404. The number of rotatable bonds is 1. The molecule has 0 aromatic carbocycles. The van der Waals surface area contributed by atoms with Gasteiger partial charge in [0.2, 0.25) is 0 Å². The molecule has 4 heteroatoms. The summed E-state index contributed by atoms with van der Waals surface area (Å²) >= 11 is 5.77. The Labute approximate surface area is 115 Å². The molecule has 0 saturated carbocycles. The normalized spacial score (nSPS) is 21.8. The molecule has 0 amide bonds. The third kappa shape index (κ3) is 3.35. The standard InChI is InChI=1S/C14H22ClN3/c1-14(2,3)11-5-4-9-18(10-8-11)13-7-6-12(15)16-17-13/h6-7,11H,4-5,8-10H2,1-3H3. The number of aromatic nitrogens is 2. The fourth-order valence-electron chi connectivity index (χ4n) is 2.67. The van der Waals surface area contributed by atoms with Crippen molar-refractivity contribution in [3.8, 4) is 0 Å². The monoisotopic (exact) mass is 267 g/mol. The van der Waals surface area contributed by atoms with E-state index in [2.05, 4.69) is 35.9 Å². The summed E-state index contributed by atoms with van der Waals surface area (Å²) in [5, 5.41) is 8.56. The lowest BCUT2D eigenvalue weighted by atomic mass is 9.77. The molecule has 1 saturated heterocycles. The minimum Gasteiger partial charge on any atom is -0.355 e. The molecule has 1 fully saturated rings. The van der Waals surface area contributed by atoms with Gasteiger partial charge in [0.15, 0.2) is 11.0 Å². The molecule has 1 unspecified atom stereocenters. The molecule has 0 N–H and O–H groups in total. The minimum atomic E-state index is 0.404. The maximum atomic E-state index is 5.77. The van der Waals surface area contributed by atoms with Gasteiger partial charge in [0.05, 0.1) is 0 Å². The predicted molar refractivity (Wildman–Crippen MR) is 76.1 cm³/mol. The third-order valence-corrected chi connectivity index (χ3v) is 4.10. The van der Waals surface area contributed by atoms with Crippen molar-refractivity contribution < 1.29 is 0 Å². The third-order valence-electron chi connectivity index (χ3n) is 3.89. The summed E-state index contributed by atoms with van der Waals surface area (Å²) in [4.78, 5) is 2.33. The van der Waals surface area contributed by atoms with Crippen LogP contribution in [-0.4, -0.2) is 23.3 Å². The maximum Gasteiger partial charge on any atom is 0.151 e. The van der Waals surface area contributed by atoms with E-state index in [0.29, 0.717) is 10.6 Å². The summed E-state index contributed by atoms with van der Waals surface area (Å²) in [5.41, 5.74) is 0.404. The fourth-order valence-corrected chi connectivity index (χ4v) is 2.77. The molecule has 1 aliphatic rings. The summed E-state index contributed by atoms with van der Waals surface area (Å²) < 4.78 is 0. The van der Waals surface area contributed by atoms with Crippen molar-refractivity contribution in [3.05, 3.63) is 17.3 Å². The van der Waals surface area contributed by atoms with Gasteiger partial charge in [-0.25, -0.2) is 0 Å². The number of hydrogen-bond donors (Lipinski definition) is 0. The molecule has 100 valence electrons. The van der Waals surface area contributed by atoms with Gasteiger partial charge in [-0.15, -0.1) is 10.2 Å². The lowest BCUT2D eigenvalue weighted by molar-refractivity contribution is 0.220. The van der Waals surface area contributed by atoms with Crippen molar-refractivity contribution in [3.63, 3.8) is 0 Å². The molecule has 2 rings (SSSR count). The Kier molecular flexibility index (Phi) is 4.10. The average molecular weight is 268 g/mol. The van der Waals surface area contributed by atoms with Crippen LogP contribution in [0.3, 0.4) is 0 Å². The predicted octanol–water partition coefficient (Wildman–Crippen LogP) is 3.78. The first-order valence-corrected chi connectivity index (χ1v) is 7.09. The summed E-state index contributed by atoms with van der Waals surface area (Å²) in [6.45, 7) is 9.17. The highest BCUT2D eigenvalue weighted by Gasteiger charge is 2.27. The molecule has 1 aromatic rings. The van der Waals surface area contributed by atoms with Crippen LogP contribution in [0, 0.1) is 11.3 Å². The quantitative estimate of drug-likeness (QED) is 0.775. The van der Waals surface area contributed by atoms with Gasteiger partial charge in [-0.1, -0.05) is 32.4 Å². The molecule has 0 spiro atoms. The highest BCUT2D eigenvalue weighted by Crippen LogP contribution is 2.34. The van der Waals surface area contributed by atoms with Crippen molar-refractivity contribution in [2.75, 3.05) is 18.0 Å². The van der Waals surface area contributed by atoms with Crippen molar-refractivity contribution >= 4 is 17.4 Å². The highest BCUT2D eigenvalue weighted by molar-refractivity contribution is 6.29. The van der Waals surface area contributed by atoms with Crippen molar-refractivity contribution in [2.24, 2.45) is 11.3 Å². The van der Waals surface area contributed by atoms with E-state index in [4.69, 9.17) is 11.6 Å². The van der Waals surface area contributed by atoms with Crippen LogP contribution in [0.5, 0.6) is 0 Å². The summed E-state index contributed by atoms with van der Waals surface area (Å²) in [6, 6.07) is 3.78. The zero-order chi connectivity index (χ0) is 13.2. The molecule has 3 nitrogen and oxygen atoms in total. The van der Waals surface area contributed by atoms with Crippen LogP contribution in [0.1, 0.15) is 40.0 Å². The van der Waals surface area contributed by atoms with Gasteiger partial charge in [-0.2, -0.15) is 0 Å². The lowest BCUT2D eigenvalue weighted by Gasteiger charge is -2.29. The van der Waals surface area contributed by atoms with Gasteiger partial charge < -0.3 is 4.90 Å². The Bertz CT molecular complexity index is 383. The molecule has 1 aromatic heterocycles. The number of nitrogens with zero attached hydrogens (tertiary/aromatic N) is 3. The molecule has 1 atom stereocenters. The van der Waals surface area contributed by atoms with Gasteiger partial charge in [0.25, 0.3) is 0 Å². The van der Waals surface area contributed by atoms with E-state index in [1.807, 2.05) is 12.1 Å². The first-order chi connectivity index (χ1) is 8.47. The Balaban J connectivity index is 2.03. The van der Waals surface area contributed by atoms with E-state index in [9.17, 15) is 0 Å². The van der Waals surface area contributed by atoms with Gasteiger partial charge in [0, 0.05) is 13.1 Å². The van der Waals surface area contributed by atoms with Crippen molar-refractivity contribution in [2.45, 2.75) is 40.0 Å². The summed E-state index contributed by atoms with van der Waals surface area (Å²) in [6.07, 6.45) is 3.76. The molecule has 0 aliphatic carbocycles. The zero-order valence-electron chi connectivity index (χ0n) is 11.5. The van der Waals surface area contributed by atoms with E-state index in [1.165, 1.54) is 19.3 Å². The number of anilines is 1. The van der Waals surface area contributed by atoms with Crippen molar-refractivity contribution in [1.29, 1.82) is 0 Å². The van der Waals surface area contributed by atoms with E-state index >= 15 is 0 Å². The second-order valence-corrected chi connectivity index (χ2v) is 6.58. The van der Waals surface area contributed by atoms with E-state index < -0.39 is 0 Å². The highest BCUT2D eigenvalue weighted by atomic mass is 35.5. The van der Waals surface area contributed by atoms with E-state index in [0.717, 1.165) is 24.8 Å². The van der Waals surface area contributed by atoms with Crippen molar-refractivity contribution in [1.82, 2.24) is 10.2 Å². The molecule has 18 heavy (non-hydrogen) atoms. The zero-order valence-corrected chi connectivity index (χ0v) is 12.2. The van der Waals surface area contributed by atoms with E-state index in [1.54, 1.807) is 0 Å². The number of hydrogen-bond acceptors (Lipinski definition) is 3. The van der Waals surface area contributed by atoms with Gasteiger partial charge in [-0.3, -0.25) is 0 Å². The van der Waals surface area contributed by atoms with Crippen LogP contribution in [0.15, 0.2) is 12.1 Å². The molecule has 0 bridgehead atoms. The molecular weight excluding hydrogens is 246 g/mol. The maximum absolute atomic E-state index is 5.77. The molecule has 0 radical (unpaired) electrons. The molecule has 2 heterocycles. The first kappa shape index (κ1) is 13.6. The van der Waals surface area contributed by atoms with Gasteiger partial charge >= 0.3 is 0 Å². The largest absolute Gasteiger partial charge is 0.355 e. The van der Waals surface area contributed by atoms with Gasteiger partial charge in [0.1, 0.15) is 0 Å². The Hall–Kier alpha value is -0.830. The van der Waals surface area contributed by atoms with E-state index in [-0.39, 0.29) is 0 Å². The first-order valence-electron chi connectivity index (χ1n) is 6.71. The van der Waals surface area contributed by atoms with Crippen LogP contribution in [0.2, 0.25) is 5.15 Å². The topological polar surface area (TPSA) is 29.0 Å². The average Bonchev–Trinajstić information content (AvgIpc) is 2.55. The molecule has 1 aliphatic heterocycles. The lowest BCUT2D eigenvalue weighted by Crippen LogP contribution is -2.26. The van der Waals surface area contributed by atoms with Crippen LogP contribution in [0.25, 0.3) is 0 Å². The number of halogens is 1. The van der Waals surface area contributed by atoms with Crippen LogP contribution in [0.4, 0.5) is 5.82 Å². The summed E-state index contributed by atoms with van der Waals surface area (Å²) in [5.74, 6) is 1.75. The second-order valence-electron chi connectivity index (χ2n) is 6.20. The second kappa shape index (κ2) is 5.43. The SMILES string of the molecule is CC(C)(C)C1CCCN(c2ccc(Cl)nn2)CC1. The fraction of sp³-hybridized carbons (Fsp3) is 0.714. The smallest absolute Gasteiger partial charge is 0.151 e. The van der Waals surface area contributed by atoms with Crippen LogP contribution < -0.4 is 4.90 Å². The Morgan fingerprint density at radius 1 is 1.17 bits per heavy atom. The summed E-state index contributed by atoms with van der Waals surface area (Å²) in [7, 11) is 0. The Morgan fingerprint density at radius 3 is 2.56 bits per heavy atom. The van der Waals surface area contributed by atoms with Crippen LogP contribution >= 0.6 is 11.6 Å². The Morgan fingerprint density at radius 2 is 1.94 bits per heavy atom. The molecular formula is C14H22ClN3. The van der Waals surface area contributed by atoms with Gasteiger partial charge in [-0.05, 0) is 42.7 Å².